The van der Waals surface area contributed by atoms with Gasteiger partial charge in [-0.1, -0.05) is 6.07 Å². The molecule has 0 unspecified atom stereocenters. The second kappa shape index (κ2) is 2.92. The van der Waals surface area contributed by atoms with Gasteiger partial charge in [-0.3, -0.25) is 9.78 Å². The molecule has 0 N–H and O–H groups in total. The van der Waals surface area contributed by atoms with E-state index in [4.69, 9.17) is 0 Å². The summed E-state index contributed by atoms with van der Waals surface area (Å²) in [7, 11) is 0. The number of aromatic nitrogens is 1. The topological polar surface area (TPSA) is 70.1 Å². The van der Waals surface area contributed by atoms with Crippen molar-refractivity contribution in [3.05, 3.63) is 30.1 Å². The van der Waals surface area contributed by atoms with E-state index in [1.165, 1.54) is 18.3 Å². The van der Waals surface area contributed by atoms with E-state index in [0.717, 1.165) is 0 Å². The van der Waals surface area contributed by atoms with Crippen molar-refractivity contribution >= 4 is 11.8 Å². The minimum atomic E-state index is -1.73. The van der Waals surface area contributed by atoms with Crippen LogP contribution in [0.1, 0.15) is 10.5 Å². The van der Waals surface area contributed by atoms with Gasteiger partial charge in [0.05, 0.1) is 0 Å². The minimum absolute atomic E-state index is 0.104. The number of aliphatic carboxylic acids is 1. The highest BCUT2D eigenvalue weighted by molar-refractivity contribution is 6.38. The van der Waals surface area contributed by atoms with Crippen molar-refractivity contribution in [2.45, 2.75) is 0 Å². The predicted octanol–water partition coefficient (Wildman–Crippen LogP) is -0.986. The summed E-state index contributed by atoms with van der Waals surface area (Å²) in [5.41, 5.74) is -0.104. The first kappa shape index (κ1) is 7.40. The molecule has 1 rings (SSSR count). The van der Waals surface area contributed by atoms with Gasteiger partial charge < -0.3 is 9.90 Å². The molecule has 1 aromatic rings. The van der Waals surface area contributed by atoms with E-state index in [9.17, 15) is 14.7 Å². The van der Waals surface area contributed by atoms with Gasteiger partial charge in [-0.25, -0.2) is 0 Å². The summed E-state index contributed by atoms with van der Waals surface area (Å²) in [5.74, 6) is -2.82. The summed E-state index contributed by atoms with van der Waals surface area (Å²) in [5, 5.41) is 10.00. The highest BCUT2D eigenvalue weighted by Crippen LogP contribution is 1.93. The lowest BCUT2D eigenvalue weighted by atomic mass is 10.2. The fourth-order valence-corrected chi connectivity index (χ4v) is 0.602. The summed E-state index contributed by atoms with van der Waals surface area (Å²) in [6.45, 7) is 0. The second-order valence-corrected chi connectivity index (χ2v) is 1.83. The molecule has 56 valence electrons. The largest absolute Gasteiger partial charge is 0.541 e. The molecular formula is C7H4NO3-. The number of hydrogen-bond acceptors (Lipinski definition) is 4. The van der Waals surface area contributed by atoms with E-state index in [1.54, 1.807) is 6.07 Å². The van der Waals surface area contributed by atoms with Crippen LogP contribution >= 0.6 is 0 Å². The van der Waals surface area contributed by atoms with Crippen molar-refractivity contribution in [2.75, 3.05) is 0 Å². The molecular weight excluding hydrogens is 146 g/mol. The van der Waals surface area contributed by atoms with Gasteiger partial charge in [0.1, 0.15) is 11.7 Å². The van der Waals surface area contributed by atoms with Gasteiger partial charge in [0.2, 0.25) is 5.78 Å². The van der Waals surface area contributed by atoms with Crippen LogP contribution in [0.25, 0.3) is 0 Å². The molecule has 0 saturated heterocycles. The molecule has 1 heterocycles. The molecule has 4 heteroatoms. The third-order valence-corrected chi connectivity index (χ3v) is 1.08. The SMILES string of the molecule is O=C([O-])C(=O)c1ccccn1. The maximum atomic E-state index is 10.6. The monoisotopic (exact) mass is 150 g/mol. The molecule has 0 amide bonds. The van der Waals surface area contributed by atoms with Gasteiger partial charge in [0.25, 0.3) is 0 Å². The van der Waals surface area contributed by atoms with Crippen molar-refractivity contribution in [1.29, 1.82) is 0 Å². The Morgan fingerprint density at radius 2 is 2.09 bits per heavy atom. The zero-order chi connectivity index (χ0) is 8.27. The lowest BCUT2D eigenvalue weighted by Gasteiger charge is -1.97. The summed E-state index contributed by atoms with van der Waals surface area (Å²) in [6.07, 6.45) is 1.34. The average Bonchev–Trinajstić information content (AvgIpc) is 2.05. The van der Waals surface area contributed by atoms with Crippen molar-refractivity contribution in [3.63, 3.8) is 0 Å². The van der Waals surface area contributed by atoms with Gasteiger partial charge in [-0.2, -0.15) is 0 Å². The Bertz CT molecular complexity index is 281. The number of carboxylic acids is 1. The number of Topliss-reactive ketones (excluding diaryl/α,β-unsaturated/α-hetero) is 1. The Labute approximate surface area is 62.5 Å². The number of ketones is 1. The van der Waals surface area contributed by atoms with Crippen LogP contribution in [0.15, 0.2) is 24.4 Å². The van der Waals surface area contributed by atoms with E-state index in [2.05, 4.69) is 4.98 Å². The van der Waals surface area contributed by atoms with E-state index in [0.29, 0.717) is 0 Å². The molecule has 0 aromatic carbocycles. The number of carboxylic acid groups (broad SMARTS) is 1. The molecule has 0 fully saturated rings. The lowest BCUT2D eigenvalue weighted by molar-refractivity contribution is -0.296. The molecule has 0 aliphatic rings. The summed E-state index contributed by atoms with van der Waals surface area (Å²) in [4.78, 5) is 24.1. The van der Waals surface area contributed by atoms with Crippen molar-refractivity contribution in [2.24, 2.45) is 0 Å². The zero-order valence-corrected chi connectivity index (χ0v) is 5.48. The summed E-state index contributed by atoms with van der Waals surface area (Å²) in [6, 6.07) is 4.44. The quantitative estimate of drug-likeness (QED) is 0.401. The Kier molecular flexibility index (Phi) is 1.96. The van der Waals surface area contributed by atoms with Crippen molar-refractivity contribution < 1.29 is 14.7 Å². The van der Waals surface area contributed by atoms with E-state index in [-0.39, 0.29) is 5.69 Å². The van der Waals surface area contributed by atoms with Crippen LogP contribution in [-0.2, 0) is 4.79 Å². The maximum absolute atomic E-state index is 10.6. The maximum Gasteiger partial charge on any atom is 0.226 e. The molecule has 0 saturated carbocycles. The van der Waals surface area contributed by atoms with Gasteiger partial charge in [0, 0.05) is 6.20 Å². The number of pyridine rings is 1. The highest BCUT2D eigenvalue weighted by atomic mass is 16.4. The minimum Gasteiger partial charge on any atom is -0.541 e. The summed E-state index contributed by atoms with van der Waals surface area (Å²) < 4.78 is 0. The van der Waals surface area contributed by atoms with E-state index in [1.807, 2.05) is 0 Å². The van der Waals surface area contributed by atoms with Gasteiger partial charge in [-0.15, -0.1) is 0 Å². The number of carbonyl (C=O) groups is 2. The summed E-state index contributed by atoms with van der Waals surface area (Å²) >= 11 is 0. The molecule has 1 aromatic heterocycles. The molecule has 0 radical (unpaired) electrons. The van der Waals surface area contributed by atoms with E-state index >= 15 is 0 Å². The number of hydrogen-bond donors (Lipinski definition) is 0. The molecule has 0 aliphatic heterocycles. The zero-order valence-electron chi connectivity index (χ0n) is 5.48. The first-order valence-corrected chi connectivity index (χ1v) is 2.88. The van der Waals surface area contributed by atoms with Crippen LogP contribution < -0.4 is 5.11 Å². The van der Waals surface area contributed by atoms with E-state index < -0.39 is 11.8 Å². The number of nitrogens with zero attached hydrogens (tertiary/aromatic N) is 1. The fourth-order valence-electron chi connectivity index (χ4n) is 0.602. The molecule has 0 spiro atoms. The predicted molar refractivity (Wildman–Crippen MR) is 33.6 cm³/mol. The molecule has 0 atom stereocenters. The normalized spacial score (nSPS) is 9.09. The first-order valence-electron chi connectivity index (χ1n) is 2.88. The fraction of sp³-hybridized carbons (Fsp3) is 0. The van der Waals surface area contributed by atoms with Gasteiger partial charge in [-0.05, 0) is 12.1 Å². The second-order valence-electron chi connectivity index (χ2n) is 1.83. The standard InChI is InChI=1S/C7H5NO3/c9-6(7(10)11)5-3-1-2-4-8-5/h1-4H,(H,10,11)/p-1. The van der Waals surface area contributed by atoms with Crippen LogP contribution in [0, 0.1) is 0 Å². The third-order valence-electron chi connectivity index (χ3n) is 1.08. The Hall–Kier alpha value is -1.71. The third kappa shape index (κ3) is 1.61. The van der Waals surface area contributed by atoms with Crippen LogP contribution in [-0.4, -0.2) is 16.7 Å². The molecule has 0 bridgehead atoms. The van der Waals surface area contributed by atoms with Gasteiger partial charge in [0.15, 0.2) is 0 Å². The Morgan fingerprint density at radius 3 is 2.55 bits per heavy atom. The van der Waals surface area contributed by atoms with Crippen LogP contribution in [0.3, 0.4) is 0 Å². The van der Waals surface area contributed by atoms with Crippen LogP contribution in [0.5, 0.6) is 0 Å². The smallest absolute Gasteiger partial charge is 0.226 e. The van der Waals surface area contributed by atoms with Gasteiger partial charge >= 0.3 is 0 Å². The molecule has 4 nitrogen and oxygen atoms in total. The highest BCUT2D eigenvalue weighted by Gasteiger charge is 2.05. The Balaban J connectivity index is 2.95. The Morgan fingerprint density at radius 1 is 1.36 bits per heavy atom. The number of carbonyl (C=O) groups excluding carboxylic acids is 2. The van der Waals surface area contributed by atoms with Crippen molar-refractivity contribution in [1.82, 2.24) is 4.98 Å². The van der Waals surface area contributed by atoms with Crippen LogP contribution in [0.2, 0.25) is 0 Å². The average molecular weight is 150 g/mol. The molecule has 0 aliphatic carbocycles. The first-order chi connectivity index (χ1) is 5.22. The number of rotatable bonds is 2. The van der Waals surface area contributed by atoms with Crippen molar-refractivity contribution in [3.8, 4) is 0 Å². The van der Waals surface area contributed by atoms with Crippen LogP contribution in [0.4, 0.5) is 0 Å². The molecule has 11 heavy (non-hydrogen) atoms. The lowest BCUT2D eigenvalue weighted by Crippen LogP contribution is -2.31.